The summed E-state index contributed by atoms with van der Waals surface area (Å²) in [7, 11) is 0. The molecule has 0 radical (unpaired) electrons. The van der Waals surface area contributed by atoms with Gasteiger partial charge in [-0.15, -0.1) is 0 Å². The number of fused-ring (bicyclic) bond motifs is 1. The van der Waals surface area contributed by atoms with Crippen LogP contribution in [0.25, 0.3) is 10.9 Å². The molecule has 4 heteroatoms. The van der Waals surface area contributed by atoms with Gasteiger partial charge < -0.3 is 19.7 Å². The Balaban J connectivity index is 1.64. The SMILES string of the molecule is Cc1ccc2c(c1)c(C)c(C)n2C[C@H](O)CNC[C@H]1CCCO1. The minimum atomic E-state index is -0.397. The van der Waals surface area contributed by atoms with Crippen LogP contribution in [0.4, 0.5) is 0 Å². The first-order valence-electron chi connectivity index (χ1n) is 8.62. The molecule has 1 aliphatic heterocycles. The van der Waals surface area contributed by atoms with Crippen molar-refractivity contribution in [3.63, 3.8) is 0 Å². The van der Waals surface area contributed by atoms with Crippen molar-refractivity contribution in [3.8, 4) is 0 Å². The number of aliphatic hydroxyl groups is 1. The lowest BCUT2D eigenvalue weighted by Gasteiger charge is -2.17. The summed E-state index contributed by atoms with van der Waals surface area (Å²) in [4.78, 5) is 0. The molecule has 1 aromatic carbocycles. The standard InChI is InChI=1S/C19H28N2O2/c1-13-6-7-19-18(9-13)14(2)15(3)21(19)12-16(22)10-20-11-17-5-4-8-23-17/h6-7,9,16-17,20,22H,4-5,8,10-12H2,1-3H3/t16-,17-/m1/s1. The Morgan fingerprint density at radius 3 is 2.91 bits per heavy atom. The molecule has 1 saturated heterocycles. The van der Waals surface area contributed by atoms with E-state index in [9.17, 15) is 5.11 Å². The minimum absolute atomic E-state index is 0.321. The van der Waals surface area contributed by atoms with Crippen LogP contribution in [0, 0.1) is 20.8 Å². The summed E-state index contributed by atoms with van der Waals surface area (Å²) in [6.45, 7) is 9.35. The zero-order valence-corrected chi connectivity index (χ0v) is 14.4. The highest BCUT2D eigenvalue weighted by Crippen LogP contribution is 2.26. The van der Waals surface area contributed by atoms with Crippen molar-refractivity contribution in [1.82, 2.24) is 9.88 Å². The molecule has 0 unspecified atom stereocenters. The highest BCUT2D eigenvalue weighted by atomic mass is 16.5. The van der Waals surface area contributed by atoms with E-state index in [1.165, 1.54) is 27.7 Å². The van der Waals surface area contributed by atoms with Crippen LogP contribution in [0.3, 0.4) is 0 Å². The van der Waals surface area contributed by atoms with Gasteiger partial charge in [-0.1, -0.05) is 11.6 Å². The second-order valence-corrected chi connectivity index (χ2v) is 6.79. The van der Waals surface area contributed by atoms with E-state index in [0.717, 1.165) is 26.0 Å². The third kappa shape index (κ3) is 3.60. The largest absolute Gasteiger partial charge is 0.390 e. The Morgan fingerprint density at radius 2 is 2.17 bits per heavy atom. The third-order valence-corrected chi connectivity index (χ3v) is 4.96. The number of benzene rings is 1. The maximum absolute atomic E-state index is 10.4. The van der Waals surface area contributed by atoms with E-state index in [-0.39, 0.29) is 0 Å². The van der Waals surface area contributed by atoms with E-state index in [1.807, 2.05) is 0 Å². The van der Waals surface area contributed by atoms with Gasteiger partial charge in [0.25, 0.3) is 0 Å². The summed E-state index contributed by atoms with van der Waals surface area (Å²) >= 11 is 0. The van der Waals surface area contributed by atoms with Gasteiger partial charge in [-0.2, -0.15) is 0 Å². The predicted molar refractivity (Wildman–Crippen MR) is 94.0 cm³/mol. The predicted octanol–water partition coefficient (Wildman–Crippen LogP) is 2.70. The maximum Gasteiger partial charge on any atom is 0.0843 e. The van der Waals surface area contributed by atoms with Crippen molar-refractivity contribution in [2.24, 2.45) is 0 Å². The molecule has 1 aliphatic rings. The van der Waals surface area contributed by atoms with Crippen LogP contribution in [0.1, 0.15) is 29.7 Å². The maximum atomic E-state index is 10.4. The van der Waals surface area contributed by atoms with Gasteiger partial charge in [0.1, 0.15) is 0 Å². The van der Waals surface area contributed by atoms with E-state index in [1.54, 1.807) is 0 Å². The van der Waals surface area contributed by atoms with E-state index < -0.39 is 6.10 Å². The second-order valence-electron chi connectivity index (χ2n) is 6.79. The number of nitrogens with one attached hydrogen (secondary N) is 1. The molecule has 0 amide bonds. The van der Waals surface area contributed by atoms with Gasteiger partial charge in [-0.3, -0.25) is 0 Å². The summed E-state index contributed by atoms with van der Waals surface area (Å²) in [5.41, 5.74) is 5.03. The highest BCUT2D eigenvalue weighted by Gasteiger charge is 2.17. The van der Waals surface area contributed by atoms with Crippen LogP contribution in [-0.2, 0) is 11.3 Å². The minimum Gasteiger partial charge on any atom is -0.390 e. The monoisotopic (exact) mass is 316 g/mol. The Bertz CT molecular complexity index is 672. The van der Waals surface area contributed by atoms with E-state index in [0.29, 0.717) is 19.2 Å². The molecule has 2 N–H and O–H groups in total. The zero-order valence-electron chi connectivity index (χ0n) is 14.4. The number of aryl methyl sites for hydroxylation is 2. The molecule has 126 valence electrons. The van der Waals surface area contributed by atoms with Crippen LogP contribution < -0.4 is 5.32 Å². The fourth-order valence-electron chi connectivity index (χ4n) is 3.49. The highest BCUT2D eigenvalue weighted by molar-refractivity contribution is 5.85. The molecular weight excluding hydrogens is 288 g/mol. The molecule has 0 aliphatic carbocycles. The van der Waals surface area contributed by atoms with E-state index in [4.69, 9.17) is 4.74 Å². The molecule has 1 fully saturated rings. The van der Waals surface area contributed by atoms with Crippen molar-refractivity contribution in [1.29, 1.82) is 0 Å². The number of nitrogens with zero attached hydrogens (tertiary/aromatic N) is 1. The fraction of sp³-hybridized carbons (Fsp3) is 0.579. The van der Waals surface area contributed by atoms with Gasteiger partial charge in [0.2, 0.25) is 0 Å². The molecule has 3 rings (SSSR count). The number of aromatic nitrogens is 1. The number of hydrogen-bond donors (Lipinski definition) is 2. The van der Waals surface area contributed by atoms with Crippen LogP contribution in [0.5, 0.6) is 0 Å². The lowest BCUT2D eigenvalue weighted by molar-refractivity contribution is 0.101. The van der Waals surface area contributed by atoms with Crippen LogP contribution in [0.15, 0.2) is 18.2 Å². The Kier molecular flexibility index (Phi) is 5.05. The Labute approximate surface area is 138 Å². The Morgan fingerprint density at radius 1 is 1.35 bits per heavy atom. The van der Waals surface area contributed by atoms with Crippen molar-refractivity contribution in [3.05, 3.63) is 35.0 Å². The average Bonchev–Trinajstić information content (AvgIpc) is 3.11. The van der Waals surface area contributed by atoms with Gasteiger partial charge in [-0.05, 0) is 51.3 Å². The summed E-state index contributed by atoms with van der Waals surface area (Å²) in [5.74, 6) is 0. The van der Waals surface area contributed by atoms with Gasteiger partial charge in [0.15, 0.2) is 0 Å². The molecule has 0 saturated carbocycles. The quantitative estimate of drug-likeness (QED) is 0.861. The fourth-order valence-corrected chi connectivity index (χ4v) is 3.49. The first-order valence-corrected chi connectivity index (χ1v) is 8.62. The van der Waals surface area contributed by atoms with E-state index in [2.05, 4.69) is 48.9 Å². The first-order chi connectivity index (χ1) is 11.1. The average molecular weight is 316 g/mol. The molecule has 23 heavy (non-hydrogen) atoms. The molecule has 0 spiro atoms. The van der Waals surface area contributed by atoms with Gasteiger partial charge in [0.05, 0.1) is 18.8 Å². The van der Waals surface area contributed by atoms with E-state index >= 15 is 0 Å². The van der Waals surface area contributed by atoms with Crippen LogP contribution in [-0.4, -0.2) is 41.6 Å². The summed E-state index contributed by atoms with van der Waals surface area (Å²) in [6, 6.07) is 6.53. The number of aliphatic hydroxyl groups excluding tert-OH is 1. The summed E-state index contributed by atoms with van der Waals surface area (Å²) < 4.78 is 7.83. The molecule has 2 heterocycles. The lowest BCUT2D eigenvalue weighted by atomic mass is 10.1. The van der Waals surface area contributed by atoms with Crippen molar-refractivity contribution >= 4 is 10.9 Å². The molecule has 4 nitrogen and oxygen atoms in total. The van der Waals surface area contributed by atoms with Crippen molar-refractivity contribution < 1.29 is 9.84 Å². The molecule has 2 atom stereocenters. The van der Waals surface area contributed by atoms with Crippen LogP contribution in [0.2, 0.25) is 0 Å². The zero-order chi connectivity index (χ0) is 16.4. The van der Waals surface area contributed by atoms with Crippen molar-refractivity contribution in [2.45, 2.75) is 52.4 Å². The summed E-state index contributed by atoms with van der Waals surface area (Å²) in [5, 5.41) is 15.0. The normalized spacial score (nSPS) is 19.6. The molecule has 2 aromatic rings. The molecular formula is C19H28N2O2. The third-order valence-electron chi connectivity index (χ3n) is 4.96. The first kappa shape index (κ1) is 16.5. The van der Waals surface area contributed by atoms with Gasteiger partial charge >= 0.3 is 0 Å². The number of ether oxygens (including phenoxy) is 1. The van der Waals surface area contributed by atoms with Gasteiger partial charge in [-0.25, -0.2) is 0 Å². The van der Waals surface area contributed by atoms with Gasteiger partial charge in [0, 0.05) is 36.3 Å². The smallest absolute Gasteiger partial charge is 0.0843 e. The Hall–Kier alpha value is -1.36. The van der Waals surface area contributed by atoms with Crippen LogP contribution >= 0.6 is 0 Å². The summed E-state index contributed by atoms with van der Waals surface area (Å²) in [6.07, 6.45) is 2.21. The molecule has 1 aromatic heterocycles. The van der Waals surface area contributed by atoms with Crippen molar-refractivity contribution in [2.75, 3.05) is 19.7 Å². The number of rotatable bonds is 6. The second kappa shape index (κ2) is 7.04. The lowest BCUT2D eigenvalue weighted by Crippen LogP contribution is -2.35. The molecule has 0 bridgehead atoms. The topological polar surface area (TPSA) is 46.4 Å². The number of hydrogen-bond acceptors (Lipinski definition) is 3.